The van der Waals surface area contributed by atoms with Crippen LogP contribution in [-0.4, -0.2) is 18.2 Å². The molecule has 0 aliphatic heterocycles. The maximum atomic E-state index is 11.7. The zero-order valence-corrected chi connectivity index (χ0v) is 12.5. The summed E-state index contributed by atoms with van der Waals surface area (Å²) >= 11 is 0. The first kappa shape index (κ1) is 15.5. The van der Waals surface area contributed by atoms with Crippen LogP contribution in [0.15, 0.2) is 12.1 Å². The lowest BCUT2D eigenvalue weighted by atomic mass is 9.88. The monoisotopic (exact) mass is 264 g/mol. The first-order valence-corrected chi connectivity index (χ1v) is 6.91. The number of rotatable bonds is 5. The van der Waals surface area contributed by atoms with Crippen molar-refractivity contribution in [1.82, 2.24) is 0 Å². The lowest BCUT2D eigenvalue weighted by Crippen LogP contribution is -2.06. The molecule has 3 nitrogen and oxygen atoms in total. The van der Waals surface area contributed by atoms with Gasteiger partial charge < -0.3 is 9.84 Å². The van der Waals surface area contributed by atoms with Gasteiger partial charge in [-0.1, -0.05) is 27.7 Å². The average Bonchev–Trinajstić information content (AvgIpc) is 2.44. The first-order valence-electron chi connectivity index (χ1n) is 6.91. The fraction of sp³-hybridized carbons (Fsp3) is 0.562. The Hall–Kier alpha value is -1.51. The number of carbonyl (C=O) groups excluding carboxylic acids is 1. The van der Waals surface area contributed by atoms with Gasteiger partial charge in [-0.2, -0.15) is 0 Å². The number of carbonyl (C=O) groups is 1. The number of hydrogen-bond acceptors (Lipinski definition) is 3. The topological polar surface area (TPSA) is 46.5 Å². The summed E-state index contributed by atoms with van der Waals surface area (Å²) in [4.78, 5) is 11.7. The SMILES string of the molecule is CCC(C)c1cc(C(=O)OC)cc(C(C)CC)c1O. The van der Waals surface area contributed by atoms with Gasteiger partial charge in [0, 0.05) is 0 Å². The fourth-order valence-corrected chi connectivity index (χ4v) is 2.11. The van der Waals surface area contributed by atoms with Crippen molar-refractivity contribution in [2.45, 2.75) is 52.4 Å². The second kappa shape index (κ2) is 6.60. The minimum absolute atomic E-state index is 0.215. The van der Waals surface area contributed by atoms with Gasteiger partial charge in [0.15, 0.2) is 0 Å². The van der Waals surface area contributed by atoms with Crippen molar-refractivity contribution >= 4 is 5.97 Å². The number of aromatic hydroxyl groups is 1. The molecule has 106 valence electrons. The van der Waals surface area contributed by atoms with Crippen molar-refractivity contribution < 1.29 is 14.6 Å². The Morgan fingerprint density at radius 1 is 1.16 bits per heavy atom. The van der Waals surface area contributed by atoms with Crippen LogP contribution in [0.5, 0.6) is 5.75 Å². The maximum Gasteiger partial charge on any atom is 0.337 e. The van der Waals surface area contributed by atoms with E-state index < -0.39 is 0 Å². The van der Waals surface area contributed by atoms with E-state index in [-0.39, 0.29) is 17.8 Å². The van der Waals surface area contributed by atoms with E-state index in [1.54, 1.807) is 12.1 Å². The molecule has 2 unspecified atom stereocenters. The number of hydrogen-bond donors (Lipinski definition) is 1. The number of ether oxygens (including phenoxy) is 1. The van der Waals surface area contributed by atoms with Crippen molar-refractivity contribution in [3.8, 4) is 5.75 Å². The molecule has 0 fully saturated rings. The zero-order valence-electron chi connectivity index (χ0n) is 12.5. The highest BCUT2D eigenvalue weighted by atomic mass is 16.5. The van der Waals surface area contributed by atoms with E-state index in [4.69, 9.17) is 4.74 Å². The van der Waals surface area contributed by atoms with Crippen molar-refractivity contribution in [3.63, 3.8) is 0 Å². The molecular weight excluding hydrogens is 240 g/mol. The van der Waals surface area contributed by atoms with Crippen LogP contribution in [0.25, 0.3) is 0 Å². The summed E-state index contributed by atoms with van der Waals surface area (Å²) in [6.07, 6.45) is 1.83. The Morgan fingerprint density at radius 2 is 1.58 bits per heavy atom. The smallest absolute Gasteiger partial charge is 0.337 e. The minimum atomic E-state index is -0.353. The molecule has 3 heteroatoms. The summed E-state index contributed by atoms with van der Waals surface area (Å²) in [7, 11) is 1.38. The van der Waals surface area contributed by atoms with Crippen molar-refractivity contribution in [2.75, 3.05) is 7.11 Å². The summed E-state index contributed by atoms with van der Waals surface area (Å²) in [5.74, 6) is 0.408. The van der Waals surface area contributed by atoms with E-state index >= 15 is 0 Å². The molecule has 1 aromatic carbocycles. The average molecular weight is 264 g/mol. The van der Waals surface area contributed by atoms with Gasteiger partial charge in [-0.3, -0.25) is 0 Å². The molecule has 0 radical (unpaired) electrons. The van der Waals surface area contributed by atoms with Gasteiger partial charge in [0.25, 0.3) is 0 Å². The molecular formula is C16H24O3. The van der Waals surface area contributed by atoms with Crippen LogP contribution in [-0.2, 0) is 4.74 Å². The predicted molar refractivity (Wildman–Crippen MR) is 76.9 cm³/mol. The van der Waals surface area contributed by atoms with Gasteiger partial charge in [-0.25, -0.2) is 4.79 Å². The highest BCUT2D eigenvalue weighted by molar-refractivity contribution is 5.90. The van der Waals surface area contributed by atoms with Crippen LogP contribution in [0, 0.1) is 0 Å². The third-order valence-corrected chi connectivity index (χ3v) is 3.88. The summed E-state index contributed by atoms with van der Waals surface area (Å²) in [5, 5.41) is 10.4. The largest absolute Gasteiger partial charge is 0.507 e. The van der Waals surface area contributed by atoms with E-state index in [0.29, 0.717) is 11.3 Å². The second-order valence-corrected chi connectivity index (χ2v) is 5.11. The van der Waals surface area contributed by atoms with Gasteiger partial charge in [0.2, 0.25) is 0 Å². The number of phenolic OH excluding ortho intramolecular Hbond substituents is 1. The van der Waals surface area contributed by atoms with Crippen LogP contribution in [0.3, 0.4) is 0 Å². The Bertz CT molecular complexity index is 420. The van der Waals surface area contributed by atoms with Crippen LogP contribution in [0.4, 0.5) is 0 Å². The number of benzene rings is 1. The molecule has 0 bridgehead atoms. The standard InChI is InChI=1S/C16H24O3/c1-6-10(3)13-8-12(16(18)19-5)9-14(15(13)17)11(4)7-2/h8-11,17H,6-7H2,1-5H3. The zero-order chi connectivity index (χ0) is 14.6. The first-order chi connectivity index (χ1) is 8.96. The Balaban J connectivity index is 3.42. The summed E-state index contributed by atoms with van der Waals surface area (Å²) in [6.45, 7) is 8.24. The van der Waals surface area contributed by atoms with E-state index in [2.05, 4.69) is 27.7 Å². The number of esters is 1. The van der Waals surface area contributed by atoms with E-state index in [1.165, 1.54) is 7.11 Å². The number of phenols is 1. The third-order valence-electron chi connectivity index (χ3n) is 3.88. The van der Waals surface area contributed by atoms with Crippen LogP contribution in [0.1, 0.15) is 73.9 Å². The molecule has 1 aromatic rings. The van der Waals surface area contributed by atoms with Gasteiger partial charge in [0.1, 0.15) is 5.75 Å². The molecule has 0 aliphatic rings. The van der Waals surface area contributed by atoms with Gasteiger partial charge in [-0.15, -0.1) is 0 Å². The predicted octanol–water partition coefficient (Wildman–Crippen LogP) is 4.21. The molecule has 1 rings (SSSR count). The van der Waals surface area contributed by atoms with Crippen LogP contribution in [0.2, 0.25) is 0 Å². The van der Waals surface area contributed by atoms with Crippen LogP contribution < -0.4 is 0 Å². The van der Waals surface area contributed by atoms with E-state index in [1.807, 2.05) is 0 Å². The molecule has 0 aliphatic carbocycles. The highest BCUT2D eigenvalue weighted by Gasteiger charge is 2.20. The minimum Gasteiger partial charge on any atom is -0.507 e. The Morgan fingerprint density at radius 3 is 1.89 bits per heavy atom. The van der Waals surface area contributed by atoms with Crippen LogP contribution >= 0.6 is 0 Å². The third kappa shape index (κ3) is 3.28. The lowest BCUT2D eigenvalue weighted by molar-refractivity contribution is 0.0600. The number of methoxy groups -OCH3 is 1. The Kier molecular flexibility index (Phi) is 5.40. The quantitative estimate of drug-likeness (QED) is 0.810. The van der Waals surface area contributed by atoms with Gasteiger partial charge in [0.05, 0.1) is 12.7 Å². The fourth-order valence-electron chi connectivity index (χ4n) is 2.11. The molecule has 0 saturated carbocycles. The molecule has 0 saturated heterocycles. The van der Waals surface area contributed by atoms with Gasteiger partial charge in [-0.05, 0) is 47.9 Å². The van der Waals surface area contributed by atoms with Crippen molar-refractivity contribution in [2.24, 2.45) is 0 Å². The van der Waals surface area contributed by atoms with Crippen molar-refractivity contribution in [1.29, 1.82) is 0 Å². The summed E-state index contributed by atoms with van der Waals surface area (Å²) in [5.41, 5.74) is 2.19. The molecule has 0 heterocycles. The molecule has 19 heavy (non-hydrogen) atoms. The highest BCUT2D eigenvalue weighted by Crippen LogP contribution is 2.37. The normalized spacial score (nSPS) is 13.9. The lowest BCUT2D eigenvalue weighted by Gasteiger charge is -2.19. The molecule has 2 atom stereocenters. The molecule has 0 spiro atoms. The second-order valence-electron chi connectivity index (χ2n) is 5.11. The Labute approximate surface area is 115 Å². The van der Waals surface area contributed by atoms with Crippen molar-refractivity contribution in [3.05, 3.63) is 28.8 Å². The molecule has 0 aromatic heterocycles. The molecule has 0 amide bonds. The summed E-state index contributed by atoms with van der Waals surface area (Å²) in [6, 6.07) is 3.50. The molecule has 1 N–H and O–H groups in total. The maximum absolute atomic E-state index is 11.7. The van der Waals surface area contributed by atoms with Gasteiger partial charge >= 0.3 is 5.97 Å². The van der Waals surface area contributed by atoms with E-state index in [0.717, 1.165) is 24.0 Å². The van der Waals surface area contributed by atoms with E-state index in [9.17, 15) is 9.90 Å². The summed E-state index contributed by atoms with van der Waals surface area (Å²) < 4.78 is 4.79.